The van der Waals surface area contributed by atoms with Crippen LogP contribution in [0, 0.1) is 0 Å². The minimum absolute atomic E-state index is 0.0972. The van der Waals surface area contributed by atoms with Crippen molar-refractivity contribution in [3.05, 3.63) is 0 Å². The van der Waals surface area contributed by atoms with Gasteiger partial charge in [0.15, 0.2) is 0 Å². The molecule has 3 N–H and O–H groups in total. The summed E-state index contributed by atoms with van der Waals surface area (Å²) in [6.45, 7) is 6.04. The summed E-state index contributed by atoms with van der Waals surface area (Å²) >= 11 is 9.31. The van der Waals surface area contributed by atoms with Crippen LogP contribution in [0.2, 0.25) is 0 Å². The molecule has 0 radical (unpaired) electrons. The van der Waals surface area contributed by atoms with Crippen molar-refractivity contribution in [3.8, 4) is 0 Å². The van der Waals surface area contributed by atoms with Crippen LogP contribution < -0.4 is 5.73 Å². The number of aliphatic hydroxyl groups excluding tert-OH is 1. The topological polar surface area (TPSA) is 64.7 Å². The van der Waals surface area contributed by atoms with Gasteiger partial charge in [-0.25, -0.2) is 0 Å². The van der Waals surface area contributed by atoms with Gasteiger partial charge >= 0.3 is 0 Å². The second kappa shape index (κ2) is 14.9. The van der Waals surface area contributed by atoms with Crippen LogP contribution in [-0.4, -0.2) is 31.5 Å². The van der Waals surface area contributed by atoms with Gasteiger partial charge in [-0.2, -0.15) is 0 Å². The number of aliphatic hydroxyl groups is 1. The summed E-state index contributed by atoms with van der Waals surface area (Å²) in [5, 5.41) is 7.75. The largest absolute Gasteiger partial charge is 0.395 e. The molecule has 4 nitrogen and oxygen atoms in total. The van der Waals surface area contributed by atoms with E-state index < -0.39 is 5.69 Å². The monoisotopic (exact) mass is 303 g/mol. The van der Waals surface area contributed by atoms with Crippen molar-refractivity contribution in [2.75, 3.05) is 26.4 Å². The van der Waals surface area contributed by atoms with Crippen molar-refractivity contribution in [1.29, 1.82) is 0 Å². The molecule has 0 amide bonds. The molecule has 0 aromatic carbocycles. The van der Waals surface area contributed by atoms with Gasteiger partial charge in [0.25, 0.3) is 0 Å². The van der Waals surface area contributed by atoms with E-state index in [1.807, 2.05) is 0 Å². The predicted octanol–water partition coefficient (Wildman–Crippen LogP) is 2.71. The Balaban J connectivity index is 0. The van der Waals surface area contributed by atoms with Gasteiger partial charge in [0, 0.05) is 6.54 Å². The quantitative estimate of drug-likeness (QED) is 0.347. The average molecular weight is 303 g/mol. The van der Waals surface area contributed by atoms with E-state index in [-0.39, 0.29) is 6.61 Å². The van der Waals surface area contributed by atoms with Gasteiger partial charge in [0.1, 0.15) is 0 Å². The first kappa shape index (κ1) is 20.2. The minimum atomic E-state index is -2.22. The molecule has 0 heterocycles. The Morgan fingerprint density at radius 3 is 1.76 bits per heavy atom. The van der Waals surface area contributed by atoms with E-state index in [0.717, 1.165) is 25.7 Å². The maximum absolute atomic E-state index is 7.75. The smallest absolute Gasteiger partial charge is 0.244 e. The molecule has 0 saturated carbocycles. The maximum atomic E-state index is 7.75. The number of hydrogen-bond donors (Lipinski definition) is 3. The number of thiol groups is 1. The molecule has 0 fully saturated rings. The summed E-state index contributed by atoms with van der Waals surface area (Å²) in [7, 11) is 0. The third-order valence-electron chi connectivity index (χ3n) is 1.63. The van der Waals surface area contributed by atoms with Crippen LogP contribution in [0.15, 0.2) is 0 Å². The molecule has 106 valence electrons. The SMILES string of the molecule is CCCCOP(=S)(S)OCCCC.NCCO. The first-order valence-electron chi connectivity index (χ1n) is 5.96. The zero-order valence-electron chi connectivity index (χ0n) is 10.8. The molecule has 0 aliphatic heterocycles. The van der Waals surface area contributed by atoms with E-state index in [9.17, 15) is 0 Å². The highest BCUT2D eigenvalue weighted by Crippen LogP contribution is 2.53. The fourth-order valence-electron chi connectivity index (χ4n) is 0.686. The van der Waals surface area contributed by atoms with Crippen LogP contribution in [0.3, 0.4) is 0 Å². The lowest BCUT2D eigenvalue weighted by atomic mass is 10.4. The molecule has 17 heavy (non-hydrogen) atoms. The van der Waals surface area contributed by atoms with Crippen LogP contribution >= 0.6 is 17.9 Å². The summed E-state index contributed by atoms with van der Waals surface area (Å²) < 4.78 is 10.8. The van der Waals surface area contributed by atoms with Gasteiger partial charge < -0.3 is 19.9 Å². The normalized spacial score (nSPS) is 10.9. The Kier molecular flexibility index (Phi) is 17.7. The van der Waals surface area contributed by atoms with E-state index in [0.29, 0.717) is 19.8 Å². The molecule has 0 spiro atoms. The molecule has 0 aliphatic carbocycles. The van der Waals surface area contributed by atoms with Gasteiger partial charge in [-0.05, 0) is 24.6 Å². The van der Waals surface area contributed by atoms with Crippen molar-refractivity contribution < 1.29 is 14.2 Å². The summed E-state index contributed by atoms with van der Waals surface area (Å²) in [5.41, 5.74) is 2.55. The highest BCUT2D eigenvalue weighted by molar-refractivity contribution is 8.60. The fraction of sp³-hybridized carbons (Fsp3) is 1.00. The van der Waals surface area contributed by atoms with E-state index in [2.05, 4.69) is 26.1 Å². The van der Waals surface area contributed by atoms with Crippen LogP contribution in [0.4, 0.5) is 0 Å². The molecular formula is C10H26NO3PS2. The van der Waals surface area contributed by atoms with Gasteiger partial charge in [0.2, 0.25) is 5.69 Å². The predicted molar refractivity (Wildman–Crippen MR) is 81.1 cm³/mol. The van der Waals surface area contributed by atoms with Gasteiger partial charge in [0.05, 0.1) is 19.8 Å². The van der Waals surface area contributed by atoms with Crippen molar-refractivity contribution >= 4 is 29.7 Å². The van der Waals surface area contributed by atoms with Crippen LogP contribution in [0.1, 0.15) is 39.5 Å². The lowest BCUT2D eigenvalue weighted by Crippen LogP contribution is -2.02. The molecular weight excluding hydrogens is 277 g/mol. The molecule has 0 atom stereocenters. The molecule has 0 rings (SSSR count). The Morgan fingerprint density at radius 1 is 1.18 bits per heavy atom. The highest BCUT2D eigenvalue weighted by atomic mass is 32.9. The molecule has 7 heteroatoms. The summed E-state index contributed by atoms with van der Waals surface area (Å²) in [5.74, 6) is 0. The van der Waals surface area contributed by atoms with E-state index >= 15 is 0 Å². The lowest BCUT2D eigenvalue weighted by molar-refractivity contribution is 0.253. The first-order chi connectivity index (χ1) is 8.04. The van der Waals surface area contributed by atoms with Gasteiger partial charge in [-0.15, -0.1) is 0 Å². The van der Waals surface area contributed by atoms with Crippen molar-refractivity contribution in [2.45, 2.75) is 39.5 Å². The minimum Gasteiger partial charge on any atom is -0.395 e. The molecule has 0 saturated heterocycles. The third kappa shape index (κ3) is 19.4. The van der Waals surface area contributed by atoms with Gasteiger partial charge in [-0.3, -0.25) is 0 Å². The van der Waals surface area contributed by atoms with Crippen LogP contribution in [-0.2, 0) is 20.9 Å². The zero-order valence-corrected chi connectivity index (χ0v) is 13.4. The lowest BCUT2D eigenvalue weighted by Gasteiger charge is -2.15. The number of rotatable bonds is 9. The Bertz CT molecular complexity index is 180. The number of unbranched alkanes of at least 4 members (excludes halogenated alkanes) is 2. The highest BCUT2D eigenvalue weighted by Gasteiger charge is 2.11. The number of hydrogen-bond acceptors (Lipinski definition) is 5. The third-order valence-corrected chi connectivity index (χ3v) is 3.98. The second-order valence-electron chi connectivity index (χ2n) is 3.35. The number of nitrogens with two attached hydrogens (primary N) is 1. The van der Waals surface area contributed by atoms with Crippen molar-refractivity contribution in [2.24, 2.45) is 5.73 Å². The molecule has 0 aromatic heterocycles. The summed E-state index contributed by atoms with van der Waals surface area (Å²) in [4.78, 5) is 0. The van der Waals surface area contributed by atoms with Crippen LogP contribution in [0.5, 0.6) is 0 Å². The summed E-state index contributed by atoms with van der Waals surface area (Å²) in [6, 6.07) is 0. The standard InChI is InChI=1S/C8H19O2PS2.C2H7NO/c1-3-5-7-9-11(12,13)10-8-6-4-2;3-1-2-4/h3-8H2,1-2H3,(H,12,13);4H,1-3H2. The molecule has 0 aromatic rings. The maximum Gasteiger partial charge on any atom is 0.244 e. The van der Waals surface area contributed by atoms with E-state index in [1.165, 1.54) is 0 Å². The second-order valence-corrected chi connectivity index (χ2v) is 8.64. The first-order valence-corrected chi connectivity index (χ1v) is 9.75. The van der Waals surface area contributed by atoms with E-state index in [4.69, 9.17) is 31.7 Å². The molecule has 0 unspecified atom stereocenters. The van der Waals surface area contributed by atoms with E-state index in [1.54, 1.807) is 0 Å². The molecule has 0 aliphatic rings. The Morgan fingerprint density at radius 2 is 1.53 bits per heavy atom. The van der Waals surface area contributed by atoms with Crippen molar-refractivity contribution in [1.82, 2.24) is 0 Å². The van der Waals surface area contributed by atoms with Gasteiger partial charge in [-0.1, -0.05) is 38.9 Å². The molecule has 0 bridgehead atoms. The fourth-order valence-corrected chi connectivity index (χ4v) is 2.42. The van der Waals surface area contributed by atoms with Crippen molar-refractivity contribution in [3.63, 3.8) is 0 Å². The Labute approximate surface area is 116 Å². The van der Waals surface area contributed by atoms with Crippen LogP contribution in [0.25, 0.3) is 0 Å². The summed E-state index contributed by atoms with van der Waals surface area (Å²) in [6.07, 6.45) is 4.27. The zero-order chi connectivity index (χ0) is 13.6. The Hall–Kier alpha value is 0.840. The average Bonchev–Trinajstić information content (AvgIpc) is 2.30.